The van der Waals surface area contributed by atoms with Crippen LogP contribution in [0.3, 0.4) is 0 Å². The van der Waals surface area contributed by atoms with Crippen LogP contribution in [0.15, 0.2) is 47.8 Å². The van der Waals surface area contributed by atoms with Gasteiger partial charge in [0.15, 0.2) is 0 Å². The second kappa shape index (κ2) is 9.17. The highest BCUT2D eigenvalue weighted by atomic mass is 35.5. The van der Waals surface area contributed by atoms with Gasteiger partial charge in [0, 0.05) is 24.0 Å². The Morgan fingerprint density at radius 1 is 1.21 bits per heavy atom. The molecule has 1 heterocycles. The molecule has 3 rings (SSSR count). The highest BCUT2D eigenvalue weighted by molar-refractivity contribution is 7.13. The van der Waals surface area contributed by atoms with Gasteiger partial charge >= 0.3 is 0 Å². The van der Waals surface area contributed by atoms with Crippen molar-refractivity contribution in [1.29, 1.82) is 0 Å². The molecule has 0 atom stereocenters. The van der Waals surface area contributed by atoms with Crippen LogP contribution in [0.25, 0.3) is 10.6 Å². The number of halogens is 2. The van der Waals surface area contributed by atoms with Crippen LogP contribution in [0.4, 0.5) is 4.39 Å². The number of benzene rings is 2. The van der Waals surface area contributed by atoms with Gasteiger partial charge in [-0.25, -0.2) is 9.37 Å². The maximum absolute atomic E-state index is 13.2. The predicted molar refractivity (Wildman–Crippen MR) is 111 cm³/mol. The summed E-state index contributed by atoms with van der Waals surface area (Å²) in [5.41, 5.74) is 1.90. The lowest BCUT2D eigenvalue weighted by Gasteiger charge is -2.16. The number of rotatable bonds is 7. The number of carbonyl (C=O) groups is 1. The highest BCUT2D eigenvalue weighted by Crippen LogP contribution is 2.33. The SMILES string of the molecule is CCN(CC)C(=O)c1csc(-c2ccc(OCc3cccc(F)c3)cc2Cl)n1. The van der Waals surface area contributed by atoms with Crippen LogP contribution in [-0.2, 0) is 6.61 Å². The number of nitrogens with zero attached hydrogens (tertiary/aromatic N) is 2. The van der Waals surface area contributed by atoms with Gasteiger partial charge in [0.25, 0.3) is 5.91 Å². The smallest absolute Gasteiger partial charge is 0.273 e. The molecule has 1 aromatic heterocycles. The molecular formula is C21H20ClFN2O2S. The lowest BCUT2D eigenvalue weighted by Crippen LogP contribution is -2.30. The molecule has 4 nitrogen and oxygen atoms in total. The molecule has 0 fully saturated rings. The van der Waals surface area contributed by atoms with Crippen LogP contribution >= 0.6 is 22.9 Å². The van der Waals surface area contributed by atoms with Crippen molar-refractivity contribution < 1.29 is 13.9 Å². The summed E-state index contributed by atoms with van der Waals surface area (Å²) in [6.45, 7) is 5.40. The minimum atomic E-state index is -0.298. The van der Waals surface area contributed by atoms with Crippen LogP contribution in [0.5, 0.6) is 5.75 Å². The standard InChI is InChI=1S/C21H20ClFN2O2S/c1-3-25(4-2)21(26)19-13-28-20(24-19)17-9-8-16(11-18(17)22)27-12-14-6-5-7-15(23)10-14/h5-11,13H,3-4,12H2,1-2H3. The lowest BCUT2D eigenvalue weighted by molar-refractivity contribution is 0.0768. The van der Waals surface area contributed by atoms with Gasteiger partial charge in [0.05, 0.1) is 5.02 Å². The Bertz CT molecular complexity index is 973. The number of hydrogen-bond acceptors (Lipinski definition) is 4. The van der Waals surface area contributed by atoms with E-state index in [1.54, 1.807) is 34.5 Å². The van der Waals surface area contributed by atoms with Crippen LogP contribution in [0, 0.1) is 5.82 Å². The summed E-state index contributed by atoms with van der Waals surface area (Å²) < 4.78 is 18.9. The fourth-order valence-corrected chi connectivity index (χ4v) is 3.87. The molecule has 28 heavy (non-hydrogen) atoms. The number of carbonyl (C=O) groups excluding carboxylic acids is 1. The van der Waals surface area contributed by atoms with E-state index in [0.29, 0.717) is 34.6 Å². The van der Waals surface area contributed by atoms with Gasteiger partial charge in [-0.1, -0.05) is 23.7 Å². The molecule has 0 N–H and O–H groups in total. The molecule has 0 radical (unpaired) electrons. The normalized spacial score (nSPS) is 10.7. The van der Waals surface area contributed by atoms with Gasteiger partial charge in [-0.15, -0.1) is 11.3 Å². The molecule has 146 valence electrons. The summed E-state index contributed by atoms with van der Waals surface area (Å²) >= 11 is 7.78. The first kappa shape index (κ1) is 20.3. The Morgan fingerprint density at radius 2 is 2.00 bits per heavy atom. The van der Waals surface area contributed by atoms with E-state index in [4.69, 9.17) is 16.3 Å². The van der Waals surface area contributed by atoms with Crippen LogP contribution in [0.2, 0.25) is 5.02 Å². The zero-order valence-electron chi connectivity index (χ0n) is 15.6. The van der Waals surface area contributed by atoms with E-state index in [0.717, 1.165) is 11.1 Å². The maximum Gasteiger partial charge on any atom is 0.273 e. The first-order chi connectivity index (χ1) is 13.5. The summed E-state index contributed by atoms with van der Waals surface area (Å²) in [6, 6.07) is 11.6. The van der Waals surface area contributed by atoms with Crippen molar-refractivity contribution in [3.05, 3.63) is 69.9 Å². The van der Waals surface area contributed by atoms with Crippen molar-refractivity contribution in [2.24, 2.45) is 0 Å². The van der Waals surface area contributed by atoms with Gasteiger partial charge in [-0.3, -0.25) is 4.79 Å². The van der Waals surface area contributed by atoms with E-state index in [1.807, 2.05) is 19.9 Å². The second-order valence-electron chi connectivity index (χ2n) is 6.08. The summed E-state index contributed by atoms with van der Waals surface area (Å²) in [5.74, 6) is 0.195. The fourth-order valence-electron chi connectivity index (χ4n) is 2.72. The van der Waals surface area contributed by atoms with E-state index in [1.165, 1.54) is 23.5 Å². The molecular weight excluding hydrogens is 399 g/mol. The Kier molecular flexibility index (Phi) is 6.65. The minimum Gasteiger partial charge on any atom is -0.489 e. The Balaban J connectivity index is 1.73. The maximum atomic E-state index is 13.2. The lowest BCUT2D eigenvalue weighted by atomic mass is 10.2. The number of hydrogen-bond donors (Lipinski definition) is 0. The third-order valence-corrected chi connectivity index (χ3v) is 5.43. The molecule has 0 saturated heterocycles. The highest BCUT2D eigenvalue weighted by Gasteiger charge is 2.18. The number of aromatic nitrogens is 1. The summed E-state index contributed by atoms with van der Waals surface area (Å²) in [7, 11) is 0. The Labute approximate surface area is 172 Å². The topological polar surface area (TPSA) is 42.4 Å². The van der Waals surface area contributed by atoms with Crippen molar-refractivity contribution in [2.75, 3.05) is 13.1 Å². The van der Waals surface area contributed by atoms with Crippen molar-refractivity contribution in [3.8, 4) is 16.3 Å². The number of amides is 1. The molecule has 0 aliphatic heterocycles. The van der Waals surface area contributed by atoms with Crippen LogP contribution < -0.4 is 4.74 Å². The van der Waals surface area contributed by atoms with Gasteiger partial charge < -0.3 is 9.64 Å². The molecule has 0 spiro atoms. The second-order valence-corrected chi connectivity index (χ2v) is 7.34. The van der Waals surface area contributed by atoms with Crippen LogP contribution in [0.1, 0.15) is 29.9 Å². The first-order valence-electron chi connectivity index (χ1n) is 8.93. The van der Waals surface area contributed by atoms with Crippen molar-refractivity contribution in [1.82, 2.24) is 9.88 Å². The van der Waals surface area contributed by atoms with Crippen LogP contribution in [-0.4, -0.2) is 28.9 Å². The molecule has 0 saturated carbocycles. The van der Waals surface area contributed by atoms with E-state index >= 15 is 0 Å². The fraction of sp³-hybridized carbons (Fsp3) is 0.238. The average Bonchev–Trinajstić information content (AvgIpc) is 3.17. The summed E-state index contributed by atoms with van der Waals surface area (Å²) in [4.78, 5) is 18.6. The molecule has 3 aromatic rings. The van der Waals surface area contributed by atoms with Crippen molar-refractivity contribution in [3.63, 3.8) is 0 Å². The third kappa shape index (κ3) is 4.69. The monoisotopic (exact) mass is 418 g/mol. The van der Waals surface area contributed by atoms with E-state index in [9.17, 15) is 9.18 Å². The van der Waals surface area contributed by atoms with Crippen molar-refractivity contribution >= 4 is 28.8 Å². The first-order valence-corrected chi connectivity index (χ1v) is 10.2. The predicted octanol–water partition coefficient (Wildman–Crippen LogP) is 5.66. The molecule has 0 bridgehead atoms. The zero-order valence-corrected chi connectivity index (χ0v) is 17.2. The number of ether oxygens (including phenoxy) is 1. The molecule has 0 aliphatic carbocycles. The molecule has 0 aliphatic rings. The minimum absolute atomic E-state index is 0.0846. The quantitative estimate of drug-likeness (QED) is 0.497. The summed E-state index contributed by atoms with van der Waals surface area (Å²) in [6.07, 6.45) is 0. The molecule has 2 aromatic carbocycles. The van der Waals surface area contributed by atoms with Gasteiger partial charge in [0.1, 0.15) is 28.9 Å². The molecule has 7 heteroatoms. The number of thiazole rings is 1. The summed E-state index contributed by atoms with van der Waals surface area (Å²) in [5, 5.41) is 2.91. The third-order valence-electron chi connectivity index (χ3n) is 4.24. The molecule has 0 unspecified atom stereocenters. The van der Waals surface area contributed by atoms with E-state index in [-0.39, 0.29) is 18.3 Å². The van der Waals surface area contributed by atoms with E-state index < -0.39 is 0 Å². The van der Waals surface area contributed by atoms with Gasteiger partial charge in [-0.2, -0.15) is 0 Å². The average molecular weight is 419 g/mol. The zero-order chi connectivity index (χ0) is 20.1. The Hall–Kier alpha value is -2.44. The van der Waals surface area contributed by atoms with Gasteiger partial charge in [0.2, 0.25) is 0 Å². The molecule has 1 amide bonds. The Morgan fingerprint density at radius 3 is 2.68 bits per heavy atom. The van der Waals surface area contributed by atoms with Crippen molar-refractivity contribution in [2.45, 2.75) is 20.5 Å². The largest absolute Gasteiger partial charge is 0.489 e. The van der Waals surface area contributed by atoms with Gasteiger partial charge in [-0.05, 0) is 49.7 Å². The van der Waals surface area contributed by atoms with E-state index in [2.05, 4.69) is 4.98 Å².